The zero-order valence-electron chi connectivity index (χ0n) is 20.1. The van der Waals surface area contributed by atoms with Crippen LogP contribution in [-0.2, 0) is 12.0 Å². The highest BCUT2D eigenvalue weighted by atomic mass is 16.2. The summed E-state index contributed by atoms with van der Waals surface area (Å²) in [5.41, 5.74) is 2.89. The second kappa shape index (κ2) is 7.78. The number of carbonyl (C=O) groups is 3. The quantitative estimate of drug-likeness (QED) is 0.608. The maximum atomic E-state index is 13.2. The van der Waals surface area contributed by atoms with E-state index < -0.39 is 0 Å². The number of amides is 2. The maximum absolute atomic E-state index is 13.2. The number of H-pyrrole nitrogens is 1. The Hall–Kier alpha value is -3.49. The van der Waals surface area contributed by atoms with Crippen LogP contribution in [0.15, 0.2) is 24.4 Å². The Bertz CT molecular complexity index is 1300. The SMILES string of the molecule is CNC(=O)c1n[nH]c2cc(C(=O)N3CCC4(CC3)CC(=O)c3nn(C(C)(C)C)cc3C4)ccc12. The number of aromatic amines is 1. The second-order valence-electron chi connectivity index (χ2n) is 10.6. The first-order valence-electron chi connectivity index (χ1n) is 11.7. The lowest BCUT2D eigenvalue weighted by Crippen LogP contribution is -2.46. The molecule has 9 heteroatoms. The lowest BCUT2D eigenvalue weighted by Gasteiger charge is -2.43. The van der Waals surface area contributed by atoms with Crippen molar-refractivity contribution in [1.82, 2.24) is 30.2 Å². The molecule has 9 nitrogen and oxygen atoms in total. The fraction of sp³-hybridized carbons (Fsp3) is 0.480. The molecule has 2 aromatic heterocycles. The van der Waals surface area contributed by atoms with E-state index in [9.17, 15) is 14.4 Å². The summed E-state index contributed by atoms with van der Waals surface area (Å²) in [6, 6.07) is 5.25. The summed E-state index contributed by atoms with van der Waals surface area (Å²) < 4.78 is 1.90. The zero-order valence-corrected chi connectivity index (χ0v) is 20.1. The number of hydrogen-bond acceptors (Lipinski definition) is 5. The molecular formula is C25H30N6O3. The molecule has 3 aromatic rings. The third kappa shape index (κ3) is 3.69. The van der Waals surface area contributed by atoms with E-state index >= 15 is 0 Å². The summed E-state index contributed by atoms with van der Waals surface area (Å²) >= 11 is 0. The average Bonchev–Trinajstić information content (AvgIpc) is 3.42. The minimum absolute atomic E-state index is 0.0452. The van der Waals surface area contributed by atoms with Crippen LogP contribution >= 0.6 is 0 Å². The van der Waals surface area contributed by atoms with Gasteiger partial charge in [0.2, 0.25) is 0 Å². The van der Waals surface area contributed by atoms with Crippen LogP contribution < -0.4 is 5.32 Å². The predicted molar refractivity (Wildman–Crippen MR) is 127 cm³/mol. The van der Waals surface area contributed by atoms with E-state index in [2.05, 4.69) is 41.4 Å². The Morgan fingerprint density at radius 1 is 1.15 bits per heavy atom. The number of ketones is 1. The van der Waals surface area contributed by atoms with Gasteiger partial charge in [-0.3, -0.25) is 24.2 Å². The van der Waals surface area contributed by atoms with Crippen LogP contribution in [0.3, 0.4) is 0 Å². The number of Topliss-reactive ketones (excluding diaryl/α,β-unsaturated/α-hetero) is 1. The van der Waals surface area contributed by atoms with Crippen molar-refractivity contribution in [2.24, 2.45) is 5.41 Å². The van der Waals surface area contributed by atoms with E-state index in [0.717, 1.165) is 24.8 Å². The second-order valence-corrected chi connectivity index (χ2v) is 10.6. The molecule has 1 aliphatic carbocycles. The van der Waals surface area contributed by atoms with E-state index in [1.807, 2.05) is 15.8 Å². The molecule has 0 saturated carbocycles. The first-order valence-corrected chi connectivity index (χ1v) is 11.7. The summed E-state index contributed by atoms with van der Waals surface area (Å²) in [6.07, 6.45) is 4.92. The highest BCUT2D eigenvalue weighted by Crippen LogP contribution is 2.43. The molecule has 178 valence electrons. The first-order chi connectivity index (χ1) is 16.1. The Balaban J connectivity index is 1.30. The molecular weight excluding hydrogens is 432 g/mol. The molecule has 1 spiro atoms. The van der Waals surface area contributed by atoms with Gasteiger partial charge in [0.05, 0.1) is 11.1 Å². The van der Waals surface area contributed by atoms with E-state index in [-0.39, 0.29) is 28.6 Å². The van der Waals surface area contributed by atoms with Crippen molar-refractivity contribution in [3.8, 4) is 0 Å². The topological polar surface area (TPSA) is 113 Å². The van der Waals surface area contributed by atoms with Crippen molar-refractivity contribution in [2.75, 3.05) is 20.1 Å². The molecule has 1 aromatic carbocycles. The number of aromatic nitrogens is 4. The Labute approximate surface area is 197 Å². The van der Waals surface area contributed by atoms with Gasteiger partial charge in [0.25, 0.3) is 11.8 Å². The van der Waals surface area contributed by atoms with Crippen LogP contribution in [0.25, 0.3) is 10.9 Å². The molecule has 2 amide bonds. The number of nitrogens with one attached hydrogen (secondary N) is 2. The first kappa shape index (κ1) is 22.3. The molecule has 1 saturated heterocycles. The molecule has 5 rings (SSSR count). The minimum atomic E-state index is -0.273. The van der Waals surface area contributed by atoms with E-state index in [4.69, 9.17) is 0 Å². The van der Waals surface area contributed by atoms with E-state index in [0.29, 0.717) is 47.4 Å². The van der Waals surface area contributed by atoms with Gasteiger partial charge in [-0.1, -0.05) is 0 Å². The van der Waals surface area contributed by atoms with Crippen LogP contribution in [-0.4, -0.2) is 62.6 Å². The summed E-state index contributed by atoms with van der Waals surface area (Å²) in [5, 5.41) is 14.8. The van der Waals surface area contributed by atoms with Crippen molar-refractivity contribution in [3.63, 3.8) is 0 Å². The summed E-state index contributed by atoms with van der Waals surface area (Å²) in [5.74, 6) is -0.207. The van der Waals surface area contributed by atoms with Gasteiger partial charge in [0.1, 0.15) is 5.69 Å². The van der Waals surface area contributed by atoms with Gasteiger partial charge >= 0.3 is 0 Å². The normalized spacial score (nSPS) is 17.8. The highest BCUT2D eigenvalue weighted by molar-refractivity contribution is 6.06. The van der Waals surface area contributed by atoms with Gasteiger partial charge in [0.15, 0.2) is 11.5 Å². The Morgan fingerprint density at radius 3 is 2.56 bits per heavy atom. The number of piperidine rings is 1. The van der Waals surface area contributed by atoms with Gasteiger partial charge in [0, 0.05) is 49.3 Å². The smallest absolute Gasteiger partial charge is 0.272 e. The molecule has 0 unspecified atom stereocenters. The lowest BCUT2D eigenvalue weighted by molar-refractivity contribution is 0.0519. The molecule has 34 heavy (non-hydrogen) atoms. The van der Waals surface area contributed by atoms with E-state index in [1.165, 1.54) is 0 Å². The average molecular weight is 463 g/mol. The molecule has 0 bridgehead atoms. The van der Waals surface area contributed by atoms with Crippen LogP contribution in [0.2, 0.25) is 0 Å². The summed E-state index contributed by atoms with van der Waals surface area (Å²) in [4.78, 5) is 40.0. The molecule has 0 radical (unpaired) electrons. The minimum Gasteiger partial charge on any atom is -0.354 e. The maximum Gasteiger partial charge on any atom is 0.272 e. The number of benzene rings is 1. The number of carbonyl (C=O) groups excluding carboxylic acids is 3. The number of rotatable bonds is 2. The molecule has 0 atom stereocenters. The van der Waals surface area contributed by atoms with Crippen molar-refractivity contribution >= 4 is 28.5 Å². The summed E-state index contributed by atoms with van der Waals surface area (Å²) in [6.45, 7) is 7.46. The van der Waals surface area contributed by atoms with Crippen molar-refractivity contribution < 1.29 is 14.4 Å². The fourth-order valence-corrected chi connectivity index (χ4v) is 5.17. The predicted octanol–water partition coefficient (Wildman–Crippen LogP) is 2.93. The number of likely N-dealkylation sites (tertiary alicyclic amines) is 1. The number of fused-ring (bicyclic) bond motifs is 2. The van der Waals surface area contributed by atoms with Gasteiger partial charge < -0.3 is 10.2 Å². The van der Waals surface area contributed by atoms with Crippen molar-refractivity contribution in [3.05, 3.63) is 46.9 Å². The van der Waals surface area contributed by atoms with Crippen molar-refractivity contribution in [1.29, 1.82) is 0 Å². The molecule has 1 fully saturated rings. The van der Waals surface area contributed by atoms with Gasteiger partial charge in [-0.05, 0) is 63.6 Å². The lowest BCUT2D eigenvalue weighted by atomic mass is 9.67. The monoisotopic (exact) mass is 462 g/mol. The third-order valence-corrected chi connectivity index (χ3v) is 7.21. The number of nitrogens with zero attached hydrogens (tertiary/aromatic N) is 4. The van der Waals surface area contributed by atoms with Crippen LogP contribution in [0.1, 0.15) is 76.9 Å². The Morgan fingerprint density at radius 2 is 1.88 bits per heavy atom. The highest BCUT2D eigenvalue weighted by Gasteiger charge is 2.43. The largest absolute Gasteiger partial charge is 0.354 e. The summed E-state index contributed by atoms with van der Waals surface area (Å²) in [7, 11) is 1.56. The van der Waals surface area contributed by atoms with Gasteiger partial charge in [-0.2, -0.15) is 10.2 Å². The van der Waals surface area contributed by atoms with Crippen LogP contribution in [0.5, 0.6) is 0 Å². The Kier molecular flexibility index (Phi) is 5.11. The third-order valence-electron chi connectivity index (χ3n) is 7.21. The van der Waals surface area contributed by atoms with Gasteiger partial charge in [-0.15, -0.1) is 0 Å². The van der Waals surface area contributed by atoms with Crippen molar-refractivity contribution in [2.45, 2.75) is 52.0 Å². The molecule has 2 aliphatic rings. The standard InChI is InChI=1S/C25H30N6O3/c1-24(2,3)31-14-16-12-25(13-19(32)20(16)29-31)7-9-30(10-8-25)23(34)15-5-6-17-18(11-15)27-28-21(17)22(33)26-4/h5-6,11,14H,7-10,12-13H2,1-4H3,(H,26,33)(H,27,28). The molecule has 1 aliphatic heterocycles. The van der Waals surface area contributed by atoms with Crippen LogP contribution in [0.4, 0.5) is 0 Å². The molecule has 2 N–H and O–H groups in total. The van der Waals surface area contributed by atoms with E-state index in [1.54, 1.807) is 25.2 Å². The molecule has 3 heterocycles. The fourth-order valence-electron chi connectivity index (χ4n) is 5.17. The number of hydrogen-bond donors (Lipinski definition) is 2. The van der Waals surface area contributed by atoms with Crippen LogP contribution in [0, 0.1) is 5.41 Å². The van der Waals surface area contributed by atoms with Gasteiger partial charge in [-0.25, -0.2) is 0 Å². The zero-order chi connectivity index (χ0) is 24.3.